The summed E-state index contributed by atoms with van der Waals surface area (Å²) in [7, 11) is 1.50. The summed E-state index contributed by atoms with van der Waals surface area (Å²) in [6.45, 7) is 0. The van der Waals surface area contributed by atoms with E-state index in [1.54, 1.807) is 18.2 Å². The van der Waals surface area contributed by atoms with Crippen LogP contribution in [0.4, 0.5) is 15.9 Å². The lowest BCUT2D eigenvalue weighted by molar-refractivity contribution is 0.417. The number of methoxy groups -OCH3 is 1. The summed E-state index contributed by atoms with van der Waals surface area (Å²) < 4.78 is 18.6. The number of benzene rings is 1. The highest BCUT2D eigenvalue weighted by atomic mass is 35.5. The molecule has 1 heterocycles. The van der Waals surface area contributed by atoms with Gasteiger partial charge >= 0.3 is 0 Å². The maximum Gasteiger partial charge on any atom is 0.224 e. The van der Waals surface area contributed by atoms with Gasteiger partial charge in [0.25, 0.3) is 0 Å². The minimum absolute atomic E-state index is 0.0458. The minimum atomic E-state index is -0.624. The van der Waals surface area contributed by atoms with Gasteiger partial charge in [-0.1, -0.05) is 11.6 Å². The van der Waals surface area contributed by atoms with Gasteiger partial charge in [-0.2, -0.15) is 4.98 Å². The first-order chi connectivity index (χ1) is 8.60. The summed E-state index contributed by atoms with van der Waals surface area (Å²) in [5, 5.41) is 3.18. The highest BCUT2D eigenvalue weighted by molar-refractivity contribution is 6.31. The van der Waals surface area contributed by atoms with Crippen molar-refractivity contribution in [3.05, 3.63) is 40.5 Å². The fourth-order valence-corrected chi connectivity index (χ4v) is 1.64. The molecule has 1 N–H and O–H groups in total. The van der Waals surface area contributed by atoms with Crippen molar-refractivity contribution in [3.8, 4) is 5.75 Å². The Labute approximate surface area is 113 Å². The summed E-state index contributed by atoms with van der Waals surface area (Å²) in [5.74, 6) is -0.162. The topological polar surface area (TPSA) is 47.0 Å². The number of nitrogens with one attached hydrogen (secondary N) is 1. The molecule has 0 aliphatic rings. The minimum Gasteiger partial charge on any atom is -0.495 e. The van der Waals surface area contributed by atoms with Crippen molar-refractivity contribution in [2.24, 2.45) is 0 Å². The monoisotopic (exact) mass is 287 g/mol. The zero-order valence-corrected chi connectivity index (χ0v) is 10.8. The summed E-state index contributed by atoms with van der Waals surface area (Å²) in [4.78, 5) is 7.27. The smallest absolute Gasteiger partial charge is 0.224 e. The second kappa shape index (κ2) is 5.37. The number of anilines is 2. The molecule has 0 bridgehead atoms. The highest BCUT2D eigenvalue weighted by Crippen LogP contribution is 2.30. The molecule has 2 aromatic rings. The lowest BCUT2D eigenvalue weighted by Crippen LogP contribution is -2.00. The molecule has 0 amide bonds. The third kappa shape index (κ3) is 2.80. The summed E-state index contributed by atoms with van der Waals surface area (Å²) in [6, 6.07) is 4.91. The van der Waals surface area contributed by atoms with E-state index in [9.17, 15) is 4.39 Å². The van der Waals surface area contributed by atoms with Gasteiger partial charge in [-0.05, 0) is 29.8 Å². The molecule has 0 saturated carbocycles. The molecule has 0 spiro atoms. The molecule has 0 aliphatic carbocycles. The molecule has 0 fully saturated rings. The number of rotatable bonds is 3. The Bertz CT molecular complexity index is 580. The van der Waals surface area contributed by atoms with Crippen molar-refractivity contribution in [1.29, 1.82) is 0 Å². The van der Waals surface area contributed by atoms with E-state index in [2.05, 4.69) is 15.3 Å². The maximum absolute atomic E-state index is 13.5. The van der Waals surface area contributed by atoms with Gasteiger partial charge in [-0.25, -0.2) is 9.37 Å². The first kappa shape index (κ1) is 12.9. The van der Waals surface area contributed by atoms with Crippen LogP contribution in [0.3, 0.4) is 0 Å². The SMILES string of the molecule is COc1ccc(Cl)cc1Nc1nc(Cl)ncc1F. The molecular formula is C11H8Cl2FN3O. The van der Waals surface area contributed by atoms with Crippen LogP contribution in [0.25, 0.3) is 0 Å². The van der Waals surface area contributed by atoms with Gasteiger partial charge in [0, 0.05) is 5.02 Å². The first-order valence-corrected chi connectivity index (χ1v) is 5.64. The van der Waals surface area contributed by atoms with E-state index < -0.39 is 5.82 Å². The Balaban J connectivity index is 2.38. The molecule has 2 rings (SSSR count). The molecular weight excluding hydrogens is 280 g/mol. The molecule has 18 heavy (non-hydrogen) atoms. The maximum atomic E-state index is 13.5. The molecule has 4 nitrogen and oxygen atoms in total. The molecule has 0 aliphatic heterocycles. The molecule has 1 aromatic heterocycles. The van der Waals surface area contributed by atoms with Gasteiger partial charge in [-0.15, -0.1) is 0 Å². The average molecular weight is 288 g/mol. The fraction of sp³-hybridized carbons (Fsp3) is 0.0909. The second-order valence-electron chi connectivity index (χ2n) is 3.31. The molecule has 0 atom stereocenters. The van der Waals surface area contributed by atoms with E-state index in [4.69, 9.17) is 27.9 Å². The molecule has 7 heteroatoms. The zero-order valence-electron chi connectivity index (χ0n) is 9.25. The molecule has 94 valence electrons. The standard InChI is InChI=1S/C11H8Cl2FN3O/c1-18-9-3-2-6(12)4-8(9)16-10-7(14)5-15-11(13)17-10/h2-5H,1H3,(H,15,16,17). The Hall–Kier alpha value is -1.59. The first-order valence-electron chi connectivity index (χ1n) is 4.89. The normalized spacial score (nSPS) is 10.2. The van der Waals surface area contributed by atoms with Gasteiger partial charge in [-0.3, -0.25) is 0 Å². The third-order valence-electron chi connectivity index (χ3n) is 2.13. The van der Waals surface area contributed by atoms with Crippen LogP contribution in [0.1, 0.15) is 0 Å². The van der Waals surface area contributed by atoms with E-state index in [-0.39, 0.29) is 11.1 Å². The van der Waals surface area contributed by atoms with Crippen LogP contribution in [0.15, 0.2) is 24.4 Å². The van der Waals surface area contributed by atoms with Crippen molar-refractivity contribution in [2.45, 2.75) is 0 Å². The number of hydrogen-bond acceptors (Lipinski definition) is 4. The number of hydrogen-bond donors (Lipinski definition) is 1. The Morgan fingerprint density at radius 1 is 1.33 bits per heavy atom. The van der Waals surface area contributed by atoms with Crippen LogP contribution in [0, 0.1) is 5.82 Å². The summed E-state index contributed by atoms with van der Waals surface area (Å²) >= 11 is 11.5. The van der Waals surface area contributed by atoms with Gasteiger partial charge in [0.1, 0.15) is 5.75 Å². The fourth-order valence-electron chi connectivity index (χ4n) is 1.34. The van der Waals surface area contributed by atoms with Crippen molar-refractivity contribution in [3.63, 3.8) is 0 Å². The highest BCUT2D eigenvalue weighted by Gasteiger charge is 2.10. The van der Waals surface area contributed by atoms with Crippen LogP contribution in [0.5, 0.6) is 5.75 Å². The number of aromatic nitrogens is 2. The van der Waals surface area contributed by atoms with E-state index in [1.165, 1.54) is 7.11 Å². The van der Waals surface area contributed by atoms with Crippen LogP contribution >= 0.6 is 23.2 Å². The van der Waals surface area contributed by atoms with Crippen molar-refractivity contribution < 1.29 is 9.13 Å². The Morgan fingerprint density at radius 3 is 2.83 bits per heavy atom. The average Bonchev–Trinajstić information content (AvgIpc) is 2.34. The number of ether oxygens (including phenoxy) is 1. The lowest BCUT2D eigenvalue weighted by atomic mass is 10.3. The van der Waals surface area contributed by atoms with Crippen LogP contribution in [-0.2, 0) is 0 Å². The van der Waals surface area contributed by atoms with E-state index >= 15 is 0 Å². The van der Waals surface area contributed by atoms with Crippen LogP contribution in [-0.4, -0.2) is 17.1 Å². The van der Waals surface area contributed by atoms with Crippen molar-refractivity contribution >= 4 is 34.7 Å². The molecule has 0 radical (unpaired) electrons. The van der Waals surface area contributed by atoms with E-state index in [1.807, 2.05) is 0 Å². The Morgan fingerprint density at radius 2 is 2.11 bits per heavy atom. The van der Waals surface area contributed by atoms with Crippen molar-refractivity contribution in [2.75, 3.05) is 12.4 Å². The second-order valence-corrected chi connectivity index (χ2v) is 4.08. The zero-order chi connectivity index (χ0) is 13.1. The number of nitrogens with zero attached hydrogens (tertiary/aromatic N) is 2. The van der Waals surface area contributed by atoms with Crippen LogP contribution < -0.4 is 10.1 Å². The predicted octanol–water partition coefficient (Wildman–Crippen LogP) is 3.67. The van der Waals surface area contributed by atoms with Gasteiger partial charge in [0.2, 0.25) is 5.28 Å². The lowest BCUT2D eigenvalue weighted by Gasteiger charge is -2.11. The largest absolute Gasteiger partial charge is 0.495 e. The van der Waals surface area contributed by atoms with Gasteiger partial charge in [0.05, 0.1) is 19.0 Å². The Kier molecular flexibility index (Phi) is 3.84. The quantitative estimate of drug-likeness (QED) is 0.875. The van der Waals surface area contributed by atoms with E-state index in [0.29, 0.717) is 16.5 Å². The number of halogens is 3. The molecule has 1 aromatic carbocycles. The molecule has 0 unspecified atom stereocenters. The third-order valence-corrected chi connectivity index (χ3v) is 2.55. The van der Waals surface area contributed by atoms with E-state index in [0.717, 1.165) is 6.20 Å². The van der Waals surface area contributed by atoms with Gasteiger partial charge < -0.3 is 10.1 Å². The van der Waals surface area contributed by atoms with Gasteiger partial charge in [0.15, 0.2) is 11.6 Å². The van der Waals surface area contributed by atoms with Crippen LogP contribution in [0.2, 0.25) is 10.3 Å². The summed E-state index contributed by atoms with van der Waals surface area (Å²) in [5.41, 5.74) is 0.485. The summed E-state index contributed by atoms with van der Waals surface area (Å²) in [6.07, 6.45) is 0.981. The van der Waals surface area contributed by atoms with Crippen molar-refractivity contribution in [1.82, 2.24) is 9.97 Å². The predicted molar refractivity (Wildman–Crippen MR) is 68.3 cm³/mol. The molecule has 0 saturated heterocycles.